The molecule has 5 rings (SSSR count). The predicted molar refractivity (Wildman–Crippen MR) is 123 cm³/mol. The minimum atomic E-state index is -0.631. The van der Waals surface area contributed by atoms with E-state index in [1.165, 1.54) is 24.1 Å². The molecule has 0 radical (unpaired) electrons. The van der Waals surface area contributed by atoms with Gasteiger partial charge in [-0.05, 0) is 48.5 Å². The van der Waals surface area contributed by atoms with Gasteiger partial charge in [0.1, 0.15) is 11.5 Å². The van der Waals surface area contributed by atoms with Crippen LogP contribution in [0.5, 0.6) is 11.5 Å². The quantitative estimate of drug-likeness (QED) is 0.332. The molecular formula is C26H20N2O6. The Labute approximate surface area is 195 Å². The second-order valence-corrected chi connectivity index (χ2v) is 7.98. The number of carbonyl (C=O) groups is 4. The Hall–Kier alpha value is -4.46. The van der Waals surface area contributed by atoms with Crippen LogP contribution < -0.4 is 19.3 Å². The first-order valence-electron chi connectivity index (χ1n) is 10.7. The van der Waals surface area contributed by atoms with Crippen molar-refractivity contribution in [3.63, 3.8) is 0 Å². The van der Waals surface area contributed by atoms with Crippen LogP contribution in [0.15, 0.2) is 72.8 Å². The van der Waals surface area contributed by atoms with Crippen LogP contribution in [0.25, 0.3) is 0 Å². The molecule has 2 aliphatic heterocycles. The van der Waals surface area contributed by atoms with Gasteiger partial charge in [-0.1, -0.05) is 24.3 Å². The summed E-state index contributed by atoms with van der Waals surface area (Å²) in [6.45, 7) is 0.186. The number of amides is 3. The fourth-order valence-corrected chi connectivity index (χ4v) is 4.24. The van der Waals surface area contributed by atoms with Gasteiger partial charge in [-0.25, -0.2) is 4.90 Å². The smallest absolute Gasteiger partial charge is 0.316 e. The number of carbonyl (C=O) groups excluding carboxylic acids is 4. The van der Waals surface area contributed by atoms with Crippen molar-refractivity contribution in [1.29, 1.82) is 0 Å². The summed E-state index contributed by atoms with van der Waals surface area (Å²) < 4.78 is 10.8. The van der Waals surface area contributed by atoms with Gasteiger partial charge >= 0.3 is 5.97 Å². The molecule has 0 unspecified atom stereocenters. The molecule has 0 saturated carbocycles. The molecule has 0 bridgehead atoms. The molecule has 2 aliphatic rings. The summed E-state index contributed by atoms with van der Waals surface area (Å²) in [5.74, 6) is -1.33. The monoisotopic (exact) mass is 456 g/mol. The number of imide groups is 1. The van der Waals surface area contributed by atoms with Crippen molar-refractivity contribution in [2.45, 2.75) is 6.42 Å². The Balaban J connectivity index is 1.27. The van der Waals surface area contributed by atoms with Gasteiger partial charge in [0, 0.05) is 13.0 Å². The van der Waals surface area contributed by atoms with Gasteiger partial charge in [0.15, 0.2) is 0 Å². The molecule has 0 aromatic heterocycles. The second-order valence-electron chi connectivity index (χ2n) is 7.98. The SMILES string of the molecule is COc1ccccc1N1C[C@H](C(=O)Oc2ccc(N3C(=O)c4ccccc4C3=O)cc2)CC1=O. The number of ether oxygens (including phenoxy) is 2. The van der Waals surface area contributed by atoms with E-state index in [0.717, 1.165) is 4.90 Å². The number of fused-ring (bicyclic) bond motifs is 1. The van der Waals surface area contributed by atoms with Crippen molar-refractivity contribution in [2.24, 2.45) is 5.92 Å². The van der Waals surface area contributed by atoms with E-state index >= 15 is 0 Å². The molecular weight excluding hydrogens is 436 g/mol. The van der Waals surface area contributed by atoms with Crippen molar-refractivity contribution >= 4 is 35.1 Å². The highest BCUT2D eigenvalue weighted by Gasteiger charge is 2.38. The predicted octanol–water partition coefficient (Wildman–Crippen LogP) is 3.45. The Kier molecular flexibility index (Phi) is 5.33. The molecule has 3 aromatic carbocycles. The lowest BCUT2D eigenvalue weighted by Gasteiger charge is -2.19. The highest BCUT2D eigenvalue weighted by atomic mass is 16.5. The van der Waals surface area contributed by atoms with E-state index in [4.69, 9.17) is 9.47 Å². The zero-order chi connectivity index (χ0) is 23.8. The van der Waals surface area contributed by atoms with Crippen molar-refractivity contribution in [1.82, 2.24) is 0 Å². The summed E-state index contributed by atoms with van der Waals surface area (Å²) >= 11 is 0. The fourth-order valence-electron chi connectivity index (χ4n) is 4.24. The second kappa shape index (κ2) is 8.47. The van der Waals surface area contributed by atoms with Crippen LogP contribution in [0.3, 0.4) is 0 Å². The standard InChI is InChI=1S/C26H20N2O6/c1-33-22-9-5-4-8-21(22)27-15-16(14-23(27)29)26(32)34-18-12-10-17(11-13-18)28-24(30)19-6-2-3-7-20(19)25(28)31/h2-13,16H,14-15H2,1H3/t16-/m1/s1. The molecule has 1 saturated heterocycles. The van der Waals surface area contributed by atoms with E-state index < -0.39 is 23.7 Å². The third-order valence-corrected chi connectivity index (χ3v) is 5.94. The maximum Gasteiger partial charge on any atom is 0.316 e. The van der Waals surface area contributed by atoms with Gasteiger partial charge in [-0.15, -0.1) is 0 Å². The first-order chi connectivity index (χ1) is 16.5. The number of anilines is 2. The van der Waals surface area contributed by atoms with Crippen LogP contribution in [0.2, 0.25) is 0 Å². The Morgan fingerprint density at radius 2 is 1.47 bits per heavy atom. The molecule has 0 N–H and O–H groups in total. The average molecular weight is 456 g/mol. The lowest BCUT2D eigenvalue weighted by molar-refractivity contribution is -0.139. The van der Waals surface area contributed by atoms with Crippen LogP contribution in [-0.4, -0.2) is 37.3 Å². The Morgan fingerprint density at radius 1 is 0.853 bits per heavy atom. The van der Waals surface area contributed by atoms with Gasteiger partial charge in [0.05, 0.1) is 35.5 Å². The summed E-state index contributed by atoms with van der Waals surface area (Å²) in [5.41, 5.74) is 1.70. The first kappa shape index (κ1) is 21.4. The maximum absolute atomic E-state index is 12.7. The zero-order valence-corrected chi connectivity index (χ0v) is 18.3. The van der Waals surface area contributed by atoms with E-state index in [0.29, 0.717) is 28.3 Å². The number of hydrogen-bond acceptors (Lipinski definition) is 6. The fraction of sp³-hybridized carbons (Fsp3) is 0.154. The van der Waals surface area contributed by atoms with Crippen molar-refractivity contribution in [2.75, 3.05) is 23.5 Å². The van der Waals surface area contributed by atoms with Crippen LogP contribution in [0.4, 0.5) is 11.4 Å². The molecule has 8 heteroatoms. The highest BCUT2D eigenvalue weighted by molar-refractivity contribution is 6.34. The molecule has 0 aliphatic carbocycles. The molecule has 2 heterocycles. The number of hydrogen-bond donors (Lipinski definition) is 0. The average Bonchev–Trinajstić information content (AvgIpc) is 3.37. The van der Waals surface area contributed by atoms with E-state index in [1.54, 1.807) is 60.7 Å². The van der Waals surface area contributed by atoms with E-state index in [1.807, 2.05) is 0 Å². The molecule has 170 valence electrons. The number of esters is 1. The molecule has 34 heavy (non-hydrogen) atoms. The molecule has 3 amide bonds. The van der Waals surface area contributed by atoms with Gasteiger partial charge in [-0.3, -0.25) is 19.2 Å². The van der Waals surface area contributed by atoms with Gasteiger partial charge < -0.3 is 14.4 Å². The summed E-state index contributed by atoms with van der Waals surface area (Å²) in [6, 6.07) is 19.9. The summed E-state index contributed by atoms with van der Waals surface area (Å²) in [7, 11) is 1.52. The van der Waals surface area contributed by atoms with E-state index in [2.05, 4.69) is 0 Å². The number of methoxy groups -OCH3 is 1. The van der Waals surface area contributed by atoms with Crippen molar-refractivity contribution in [3.05, 3.63) is 83.9 Å². The topological polar surface area (TPSA) is 93.2 Å². The lowest BCUT2D eigenvalue weighted by Crippen LogP contribution is -2.29. The number of rotatable bonds is 5. The summed E-state index contributed by atoms with van der Waals surface area (Å²) in [4.78, 5) is 53.2. The first-order valence-corrected chi connectivity index (χ1v) is 10.7. The van der Waals surface area contributed by atoms with Gasteiger partial charge in [0.2, 0.25) is 5.91 Å². The van der Waals surface area contributed by atoms with Crippen molar-refractivity contribution < 1.29 is 28.7 Å². The maximum atomic E-state index is 12.7. The molecule has 0 spiro atoms. The minimum absolute atomic E-state index is 0.0318. The van der Waals surface area contributed by atoms with E-state index in [-0.39, 0.29) is 24.6 Å². The normalized spacial score (nSPS) is 17.2. The Morgan fingerprint density at radius 3 is 2.12 bits per heavy atom. The molecule has 1 atom stereocenters. The molecule has 8 nitrogen and oxygen atoms in total. The largest absolute Gasteiger partial charge is 0.495 e. The molecule has 1 fully saturated rings. The third kappa shape index (κ3) is 3.59. The van der Waals surface area contributed by atoms with Crippen LogP contribution >= 0.6 is 0 Å². The number of benzene rings is 3. The van der Waals surface area contributed by atoms with Crippen molar-refractivity contribution in [3.8, 4) is 11.5 Å². The molecule has 3 aromatic rings. The van der Waals surface area contributed by atoms with Crippen LogP contribution in [0, 0.1) is 5.92 Å². The summed E-state index contributed by atoms with van der Waals surface area (Å²) in [6.07, 6.45) is 0.0318. The zero-order valence-electron chi connectivity index (χ0n) is 18.3. The third-order valence-electron chi connectivity index (χ3n) is 5.94. The van der Waals surface area contributed by atoms with Gasteiger partial charge in [0.25, 0.3) is 11.8 Å². The summed E-state index contributed by atoms with van der Waals surface area (Å²) in [5, 5.41) is 0. The lowest BCUT2D eigenvalue weighted by atomic mass is 10.1. The minimum Gasteiger partial charge on any atom is -0.495 e. The Bertz CT molecular complexity index is 1280. The number of para-hydroxylation sites is 2. The highest BCUT2D eigenvalue weighted by Crippen LogP contribution is 2.34. The number of nitrogens with zero attached hydrogens (tertiary/aromatic N) is 2. The van der Waals surface area contributed by atoms with Crippen LogP contribution in [0.1, 0.15) is 27.1 Å². The van der Waals surface area contributed by atoms with Gasteiger partial charge in [-0.2, -0.15) is 0 Å². The van der Waals surface area contributed by atoms with Crippen LogP contribution in [-0.2, 0) is 9.59 Å². The van der Waals surface area contributed by atoms with E-state index in [9.17, 15) is 19.2 Å².